The normalized spacial score (nSPS) is 17.3. The first-order chi connectivity index (χ1) is 14.6. The highest BCUT2D eigenvalue weighted by Crippen LogP contribution is 2.51. The highest BCUT2D eigenvalue weighted by molar-refractivity contribution is 5.93. The molecule has 1 atom stereocenters. The fourth-order valence-corrected chi connectivity index (χ4v) is 4.46. The second-order valence-corrected chi connectivity index (χ2v) is 8.66. The van der Waals surface area contributed by atoms with Crippen molar-refractivity contribution in [2.24, 2.45) is 0 Å². The number of aromatic nitrogens is 1. The number of hydrogen-bond donors (Lipinski definition) is 2. The van der Waals surface area contributed by atoms with Crippen molar-refractivity contribution in [3.63, 3.8) is 0 Å². The standard InChI is InChI=1S/C25H27NO4/c1-16(14-27)21-12-18-11-17(5-7-20(18)26-21)3-2-4-24(28)25(9-10-25)19-6-8-22-23(13-19)30-15-29-22/h5-8,11-13,16,26-27H,2-4,9-10,14-15H2,1H3. The Kier molecular flexibility index (Phi) is 4.78. The van der Waals surface area contributed by atoms with Crippen molar-refractivity contribution >= 4 is 16.7 Å². The number of Topliss-reactive ketones (excluding diaryl/α,β-unsaturated/α-hetero) is 1. The molecule has 1 saturated carbocycles. The largest absolute Gasteiger partial charge is 0.454 e. The number of fused-ring (bicyclic) bond motifs is 2. The Morgan fingerprint density at radius 1 is 1.13 bits per heavy atom. The Hall–Kier alpha value is -2.79. The van der Waals surface area contributed by atoms with Crippen molar-refractivity contribution in [2.45, 2.75) is 50.4 Å². The van der Waals surface area contributed by atoms with Crippen LogP contribution < -0.4 is 9.47 Å². The fraction of sp³-hybridized carbons (Fsp3) is 0.400. The molecule has 5 nitrogen and oxygen atoms in total. The molecule has 30 heavy (non-hydrogen) atoms. The Balaban J connectivity index is 1.23. The van der Waals surface area contributed by atoms with Gasteiger partial charge in [-0.15, -0.1) is 0 Å². The number of hydrogen-bond acceptors (Lipinski definition) is 4. The van der Waals surface area contributed by atoms with Gasteiger partial charge in [0.05, 0.1) is 12.0 Å². The summed E-state index contributed by atoms with van der Waals surface area (Å²) in [4.78, 5) is 16.4. The third kappa shape index (κ3) is 3.37. The molecule has 1 unspecified atom stereocenters. The number of aliphatic hydroxyl groups excluding tert-OH is 1. The zero-order valence-corrected chi connectivity index (χ0v) is 17.2. The molecule has 2 aliphatic rings. The molecule has 0 radical (unpaired) electrons. The van der Waals surface area contributed by atoms with Crippen molar-refractivity contribution in [1.29, 1.82) is 0 Å². The summed E-state index contributed by atoms with van der Waals surface area (Å²) >= 11 is 0. The first-order valence-corrected chi connectivity index (χ1v) is 10.7. The Morgan fingerprint density at radius 2 is 1.97 bits per heavy atom. The minimum atomic E-state index is -0.319. The summed E-state index contributed by atoms with van der Waals surface area (Å²) in [5.74, 6) is 1.95. The van der Waals surface area contributed by atoms with Gasteiger partial charge in [-0.05, 0) is 72.5 Å². The number of ketones is 1. The van der Waals surface area contributed by atoms with E-state index in [1.165, 1.54) is 5.56 Å². The molecule has 5 heteroatoms. The summed E-state index contributed by atoms with van der Waals surface area (Å²) in [6.45, 7) is 2.39. The maximum Gasteiger partial charge on any atom is 0.231 e. The van der Waals surface area contributed by atoms with Gasteiger partial charge in [-0.2, -0.15) is 0 Å². The molecule has 5 rings (SSSR count). The van der Waals surface area contributed by atoms with Crippen LogP contribution in [0.5, 0.6) is 11.5 Å². The number of H-pyrrole nitrogens is 1. The van der Waals surface area contributed by atoms with Crippen LogP contribution in [0.4, 0.5) is 0 Å². The molecule has 0 amide bonds. The lowest BCUT2D eigenvalue weighted by molar-refractivity contribution is -0.121. The van der Waals surface area contributed by atoms with Crippen LogP contribution in [-0.4, -0.2) is 29.3 Å². The quantitative estimate of drug-likeness (QED) is 0.574. The number of ether oxygens (including phenoxy) is 2. The van der Waals surface area contributed by atoms with Gasteiger partial charge >= 0.3 is 0 Å². The molecular formula is C25H27NO4. The number of nitrogens with one attached hydrogen (secondary N) is 1. The first kappa shape index (κ1) is 19.2. The van der Waals surface area contributed by atoms with Gasteiger partial charge in [0.25, 0.3) is 0 Å². The average molecular weight is 405 g/mol. The summed E-state index contributed by atoms with van der Waals surface area (Å²) < 4.78 is 10.9. The lowest BCUT2D eigenvalue weighted by Gasteiger charge is -2.15. The first-order valence-electron chi connectivity index (χ1n) is 10.7. The summed E-state index contributed by atoms with van der Waals surface area (Å²) in [7, 11) is 0. The highest BCUT2D eigenvalue weighted by atomic mass is 16.7. The van der Waals surface area contributed by atoms with Gasteiger partial charge in [-0.3, -0.25) is 4.79 Å². The van der Waals surface area contributed by atoms with E-state index in [0.717, 1.165) is 59.3 Å². The number of carbonyl (C=O) groups excluding carboxylic acids is 1. The minimum absolute atomic E-state index is 0.101. The molecule has 2 N–H and O–H groups in total. The van der Waals surface area contributed by atoms with E-state index in [1.54, 1.807) is 0 Å². The van der Waals surface area contributed by atoms with E-state index in [-0.39, 0.29) is 24.7 Å². The van der Waals surface area contributed by atoms with Crippen LogP contribution in [0.25, 0.3) is 10.9 Å². The summed E-state index contributed by atoms with van der Waals surface area (Å²) in [5, 5.41) is 10.5. The minimum Gasteiger partial charge on any atom is -0.454 e. The van der Waals surface area contributed by atoms with Gasteiger partial charge < -0.3 is 19.6 Å². The molecule has 0 saturated heterocycles. The molecular weight excluding hydrogens is 378 g/mol. The number of aliphatic hydroxyl groups is 1. The van der Waals surface area contributed by atoms with E-state index in [4.69, 9.17) is 9.47 Å². The van der Waals surface area contributed by atoms with Crippen molar-refractivity contribution in [1.82, 2.24) is 4.98 Å². The SMILES string of the molecule is CC(CO)c1cc2cc(CCCC(=O)C3(c4ccc5c(c4)OCO5)CC3)ccc2[nH]1. The van der Waals surface area contributed by atoms with Crippen molar-refractivity contribution in [3.8, 4) is 11.5 Å². The van der Waals surface area contributed by atoms with E-state index >= 15 is 0 Å². The van der Waals surface area contributed by atoms with Crippen LogP contribution in [0, 0.1) is 0 Å². The molecule has 1 aliphatic carbocycles. The van der Waals surface area contributed by atoms with Crippen LogP contribution >= 0.6 is 0 Å². The molecule has 1 aliphatic heterocycles. The van der Waals surface area contributed by atoms with Crippen LogP contribution in [0.2, 0.25) is 0 Å². The van der Waals surface area contributed by atoms with Gasteiger partial charge in [0, 0.05) is 23.5 Å². The molecule has 0 spiro atoms. The zero-order chi connectivity index (χ0) is 20.7. The summed E-state index contributed by atoms with van der Waals surface area (Å²) in [6, 6.07) is 14.4. The molecule has 2 heterocycles. The topological polar surface area (TPSA) is 71.6 Å². The molecule has 0 bridgehead atoms. The van der Waals surface area contributed by atoms with E-state index in [9.17, 15) is 9.90 Å². The number of benzene rings is 2. The van der Waals surface area contributed by atoms with E-state index < -0.39 is 0 Å². The second-order valence-electron chi connectivity index (χ2n) is 8.66. The molecule has 1 aromatic heterocycles. The van der Waals surface area contributed by atoms with E-state index in [1.807, 2.05) is 25.1 Å². The highest BCUT2D eigenvalue weighted by Gasteiger charge is 2.50. The molecule has 3 aromatic rings. The van der Waals surface area contributed by atoms with Crippen molar-refractivity contribution < 1.29 is 19.4 Å². The van der Waals surface area contributed by atoms with Crippen molar-refractivity contribution in [3.05, 3.63) is 59.3 Å². The number of aromatic amines is 1. The second kappa shape index (κ2) is 7.47. The third-order valence-corrected chi connectivity index (χ3v) is 6.59. The molecule has 156 valence electrons. The lowest BCUT2D eigenvalue weighted by atomic mass is 9.88. The molecule has 2 aromatic carbocycles. The van der Waals surface area contributed by atoms with Gasteiger partial charge in [-0.25, -0.2) is 0 Å². The molecule has 1 fully saturated rings. The zero-order valence-electron chi connectivity index (χ0n) is 17.2. The Bertz CT molecular complexity index is 1100. The van der Waals surface area contributed by atoms with Crippen molar-refractivity contribution in [2.75, 3.05) is 13.4 Å². The number of aryl methyl sites for hydroxylation is 1. The average Bonchev–Trinajstić information content (AvgIpc) is 3.25. The Labute approximate surface area is 176 Å². The number of rotatable bonds is 8. The maximum atomic E-state index is 13.0. The van der Waals surface area contributed by atoms with Gasteiger partial charge in [0.15, 0.2) is 11.5 Å². The van der Waals surface area contributed by atoms with Crippen LogP contribution in [0.1, 0.15) is 55.3 Å². The van der Waals surface area contributed by atoms with Gasteiger partial charge in [0.2, 0.25) is 6.79 Å². The maximum absolute atomic E-state index is 13.0. The van der Waals surface area contributed by atoms with Crippen LogP contribution in [-0.2, 0) is 16.6 Å². The fourth-order valence-electron chi connectivity index (χ4n) is 4.46. The predicted octanol–water partition coefficient (Wildman–Crippen LogP) is 4.62. The smallest absolute Gasteiger partial charge is 0.231 e. The van der Waals surface area contributed by atoms with Gasteiger partial charge in [0.1, 0.15) is 5.78 Å². The summed E-state index contributed by atoms with van der Waals surface area (Å²) in [5.41, 5.74) is 4.13. The third-order valence-electron chi connectivity index (χ3n) is 6.59. The van der Waals surface area contributed by atoms with E-state index in [2.05, 4.69) is 29.2 Å². The van der Waals surface area contributed by atoms with Gasteiger partial charge in [-0.1, -0.05) is 19.1 Å². The number of carbonyl (C=O) groups is 1. The Morgan fingerprint density at radius 3 is 2.77 bits per heavy atom. The summed E-state index contributed by atoms with van der Waals surface area (Å²) in [6.07, 6.45) is 4.17. The van der Waals surface area contributed by atoms with Crippen LogP contribution in [0.15, 0.2) is 42.5 Å². The monoisotopic (exact) mass is 405 g/mol. The lowest BCUT2D eigenvalue weighted by Crippen LogP contribution is -2.20. The predicted molar refractivity (Wildman–Crippen MR) is 115 cm³/mol. The van der Waals surface area contributed by atoms with E-state index in [0.29, 0.717) is 12.2 Å². The van der Waals surface area contributed by atoms with Crippen LogP contribution in [0.3, 0.4) is 0 Å².